The van der Waals surface area contributed by atoms with Crippen molar-refractivity contribution in [2.24, 2.45) is 0 Å². The Kier molecular flexibility index (Phi) is 3.28. The third kappa shape index (κ3) is 2.25. The second-order valence-electron chi connectivity index (χ2n) is 5.20. The molecule has 0 N–H and O–H groups in total. The lowest BCUT2D eigenvalue weighted by Crippen LogP contribution is -2.30. The molecule has 0 saturated carbocycles. The van der Waals surface area contributed by atoms with Gasteiger partial charge in [-0.25, -0.2) is 4.98 Å². The van der Waals surface area contributed by atoms with Crippen molar-refractivity contribution < 1.29 is 4.74 Å². The largest absolute Gasteiger partial charge is 0.494 e. The molecule has 1 aromatic heterocycles. The average molecular weight is 256 g/mol. The molecule has 0 spiro atoms. The molecule has 2 aromatic rings. The maximum Gasteiger partial charge on any atom is 0.145 e. The van der Waals surface area contributed by atoms with E-state index in [1.54, 1.807) is 7.11 Å². The van der Waals surface area contributed by atoms with Crippen LogP contribution in [0.25, 0.3) is 10.9 Å². The van der Waals surface area contributed by atoms with Crippen molar-refractivity contribution >= 4 is 16.7 Å². The van der Waals surface area contributed by atoms with E-state index in [9.17, 15) is 0 Å². The molecule has 1 aliphatic heterocycles. The highest BCUT2D eigenvalue weighted by molar-refractivity contribution is 5.88. The molecule has 0 bridgehead atoms. The quantitative estimate of drug-likeness (QED) is 0.821. The van der Waals surface area contributed by atoms with Crippen LogP contribution in [0.15, 0.2) is 24.3 Å². The number of aromatic nitrogens is 1. The van der Waals surface area contributed by atoms with Gasteiger partial charge in [0, 0.05) is 18.5 Å². The van der Waals surface area contributed by atoms with E-state index in [1.807, 2.05) is 12.1 Å². The van der Waals surface area contributed by atoms with Gasteiger partial charge in [-0.2, -0.15) is 0 Å². The zero-order chi connectivity index (χ0) is 13.2. The van der Waals surface area contributed by atoms with Gasteiger partial charge < -0.3 is 9.64 Å². The Morgan fingerprint density at radius 3 is 2.68 bits per heavy atom. The van der Waals surface area contributed by atoms with E-state index in [0.29, 0.717) is 0 Å². The minimum atomic E-state index is 0.861. The smallest absolute Gasteiger partial charge is 0.145 e. The third-order valence-corrected chi connectivity index (χ3v) is 3.90. The summed E-state index contributed by atoms with van der Waals surface area (Å²) >= 11 is 0. The Hall–Kier alpha value is -1.77. The van der Waals surface area contributed by atoms with Crippen LogP contribution in [0.3, 0.4) is 0 Å². The van der Waals surface area contributed by atoms with E-state index in [2.05, 4.69) is 24.0 Å². The summed E-state index contributed by atoms with van der Waals surface area (Å²) in [7, 11) is 1.71. The number of para-hydroxylation sites is 1. The zero-order valence-corrected chi connectivity index (χ0v) is 11.6. The van der Waals surface area contributed by atoms with E-state index in [0.717, 1.165) is 30.2 Å². The van der Waals surface area contributed by atoms with Crippen LogP contribution in [0.5, 0.6) is 5.75 Å². The van der Waals surface area contributed by atoms with Crippen molar-refractivity contribution in [3.8, 4) is 5.75 Å². The molecule has 0 aliphatic carbocycles. The SMILES string of the molecule is COc1cccc2c(C)cc(N3CCCCC3)nc12. The van der Waals surface area contributed by atoms with Crippen LogP contribution in [0.2, 0.25) is 0 Å². The van der Waals surface area contributed by atoms with E-state index in [-0.39, 0.29) is 0 Å². The Bertz CT molecular complexity index is 589. The predicted octanol–water partition coefficient (Wildman–Crippen LogP) is 3.54. The standard InChI is InChI=1S/C16H20N2O/c1-12-11-15(18-9-4-3-5-10-18)17-16-13(12)7-6-8-14(16)19-2/h6-8,11H,3-5,9-10H2,1-2H3. The maximum absolute atomic E-state index is 5.44. The number of hydrogen-bond acceptors (Lipinski definition) is 3. The number of benzene rings is 1. The number of rotatable bonds is 2. The summed E-state index contributed by atoms with van der Waals surface area (Å²) in [4.78, 5) is 7.22. The van der Waals surface area contributed by atoms with Crippen LogP contribution in [0.4, 0.5) is 5.82 Å². The number of piperidine rings is 1. The van der Waals surface area contributed by atoms with Gasteiger partial charge in [0.25, 0.3) is 0 Å². The second-order valence-corrected chi connectivity index (χ2v) is 5.20. The number of methoxy groups -OCH3 is 1. The maximum atomic E-state index is 5.44. The number of hydrogen-bond donors (Lipinski definition) is 0. The highest BCUT2D eigenvalue weighted by Gasteiger charge is 2.14. The lowest BCUT2D eigenvalue weighted by molar-refractivity contribution is 0.419. The van der Waals surface area contributed by atoms with Gasteiger partial charge in [0.1, 0.15) is 17.1 Å². The van der Waals surface area contributed by atoms with Crippen LogP contribution < -0.4 is 9.64 Å². The summed E-state index contributed by atoms with van der Waals surface area (Å²) in [5.41, 5.74) is 2.25. The second kappa shape index (κ2) is 5.08. The lowest BCUT2D eigenvalue weighted by Gasteiger charge is -2.28. The summed E-state index contributed by atoms with van der Waals surface area (Å²) in [6, 6.07) is 8.32. The van der Waals surface area contributed by atoms with Crippen LogP contribution in [0.1, 0.15) is 24.8 Å². The Morgan fingerprint density at radius 2 is 1.95 bits per heavy atom. The summed E-state index contributed by atoms with van der Waals surface area (Å²) < 4.78 is 5.44. The molecule has 19 heavy (non-hydrogen) atoms. The van der Waals surface area contributed by atoms with E-state index in [4.69, 9.17) is 9.72 Å². The molecule has 100 valence electrons. The summed E-state index contributed by atoms with van der Waals surface area (Å²) in [5.74, 6) is 1.95. The van der Waals surface area contributed by atoms with Gasteiger partial charge in [-0.1, -0.05) is 12.1 Å². The highest BCUT2D eigenvalue weighted by atomic mass is 16.5. The molecule has 3 nitrogen and oxygen atoms in total. The van der Waals surface area contributed by atoms with Crippen molar-refractivity contribution in [2.75, 3.05) is 25.1 Å². The number of ether oxygens (including phenoxy) is 1. The first-order chi connectivity index (χ1) is 9.29. The minimum absolute atomic E-state index is 0.861. The summed E-state index contributed by atoms with van der Waals surface area (Å²) in [6.07, 6.45) is 3.88. The molecular weight excluding hydrogens is 236 g/mol. The van der Waals surface area contributed by atoms with E-state index >= 15 is 0 Å². The average Bonchev–Trinajstić information content (AvgIpc) is 2.47. The number of anilines is 1. The van der Waals surface area contributed by atoms with E-state index in [1.165, 1.54) is 30.2 Å². The first-order valence-electron chi connectivity index (χ1n) is 6.99. The van der Waals surface area contributed by atoms with Gasteiger partial charge in [-0.05, 0) is 43.9 Å². The number of fused-ring (bicyclic) bond motifs is 1. The van der Waals surface area contributed by atoms with Crippen molar-refractivity contribution in [1.29, 1.82) is 0 Å². The highest BCUT2D eigenvalue weighted by Crippen LogP contribution is 2.29. The van der Waals surface area contributed by atoms with Gasteiger partial charge in [0.15, 0.2) is 0 Å². The molecular formula is C16H20N2O. The van der Waals surface area contributed by atoms with Crippen LogP contribution in [-0.2, 0) is 0 Å². The van der Waals surface area contributed by atoms with Gasteiger partial charge in [0.05, 0.1) is 7.11 Å². The molecule has 0 unspecified atom stereocenters. The molecule has 2 heterocycles. The summed E-state index contributed by atoms with van der Waals surface area (Å²) in [6.45, 7) is 4.39. The van der Waals surface area contributed by atoms with Gasteiger partial charge >= 0.3 is 0 Å². The van der Waals surface area contributed by atoms with Crippen LogP contribution in [-0.4, -0.2) is 25.2 Å². The Labute approximate surface area is 114 Å². The fraction of sp³-hybridized carbons (Fsp3) is 0.438. The van der Waals surface area contributed by atoms with Crippen molar-refractivity contribution in [3.05, 3.63) is 29.8 Å². The minimum Gasteiger partial charge on any atom is -0.494 e. The van der Waals surface area contributed by atoms with Crippen molar-refractivity contribution in [3.63, 3.8) is 0 Å². The molecule has 0 amide bonds. The third-order valence-electron chi connectivity index (χ3n) is 3.90. The lowest BCUT2D eigenvalue weighted by atomic mass is 10.1. The Balaban J connectivity index is 2.11. The zero-order valence-electron chi connectivity index (χ0n) is 11.6. The first-order valence-corrected chi connectivity index (χ1v) is 6.99. The number of nitrogens with zero attached hydrogens (tertiary/aromatic N) is 2. The fourth-order valence-corrected chi connectivity index (χ4v) is 2.82. The first kappa shape index (κ1) is 12.3. The molecule has 1 aliphatic rings. The van der Waals surface area contributed by atoms with Crippen molar-refractivity contribution in [2.45, 2.75) is 26.2 Å². The van der Waals surface area contributed by atoms with Gasteiger partial charge in [-0.15, -0.1) is 0 Å². The normalized spacial score (nSPS) is 15.8. The van der Waals surface area contributed by atoms with E-state index < -0.39 is 0 Å². The molecule has 1 aromatic carbocycles. The summed E-state index contributed by atoms with van der Waals surface area (Å²) in [5, 5.41) is 1.18. The van der Waals surface area contributed by atoms with Crippen molar-refractivity contribution in [1.82, 2.24) is 4.98 Å². The molecule has 1 fully saturated rings. The molecule has 3 rings (SSSR count). The molecule has 0 radical (unpaired) electrons. The molecule has 0 atom stereocenters. The van der Waals surface area contributed by atoms with Crippen LogP contribution >= 0.6 is 0 Å². The predicted molar refractivity (Wildman–Crippen MR) is 79.1 cm³/mol. The van der Waals surface area contributed by atoms with Gasteiger partial charge in [0.2, 0.25) is 0 Å². The number of pyridine rings is 1. The molecule has 3 heteroatoms. The molecule has 1 saturated heterocycles. The van der Waals surface area contributed by atoms with Gasteiger partial charge in [-0.3, -0.25) is 0 Å². The topological polar surface area (TPSA) is 25.4 Å². The monoisotopic (exact) mass is 256 g/mol. The Morgan fingerprint density at radius 1 is 1.16 bits per heavy atom. The number of aryl methyl sites for hydroxylation is 1. The van der Waals surface area contributed by atoms with Crippen LogP contribution in [0, 0.1) is 6.92 Å². The fourth-order valence-electron chi connectivity index (χ4n) is 2.82.